The summed E-state index contributed by atoms with van der Waals surface area (Å²) >= 11 is 0. The first-order valence-electron chi connectivity index (χ1n) is 6.77. The first-order valence-corrected chi connectivity index (χ1v) is 6.77. The molecular weight excluding hydrogens is 264 g/mol. The molecule has 21 heavy (non-hydrogen) atoms. The molecule has 0 saturated heterocycles. The van der Waals surface area contributed by atoms with Crippen molar-refractivity contribution in [3.63, 3.8) is 0 Å². The second-order valence-electron chi connectivity index (χ2n) is 4.92. The van der Waals surface area contributed by atoms with E-state index in [4.69, 9.17) is 5.73 Å². The van der Waals surface area contributed by atoms with Gasteiger partial charge in [-0.05, 0) is 31.0 Å². The van der Waals surface area contributed by atoms with Gasteiger partial charge in [-0.3, -0.25) is 9.59 Å². The van der Waals surface area contributed by atoms with Gasteiger partial charge in [-0.2, -0.15) is 0 Å². The molecule has 2 aromatic carbocycles. The monoisotopic (exact) mass is 282 g/mol. The lowest BCUT2D eigenvalue weighted by molar-refractivity contribution is -0.117. The molecule has 3 N–H and O–H groups in total. The second-order valence-corrected chi connectivity index (χ2v) is 4.92. The molecule has 108 valence electrons. The van der Waals surface area contributed by atoms with E-state index in [0.29, 0.717) is 17.7 Å². The van der Waals surface area contributed by atoms with Gasteiger partial charge >= 0.3 is 0 Å². The minimum Gasteiger partial charge on any atom is -0.325 e. The molecule has 0 bridgehead atoms. The van der Waals surface area contributed by atoms with Gasteiger partial charge in [0.25, 0.3) is 0 Å². The Hall–Kier alpha value is -2.46. The number of amides is 1. The van der Waals surface area contributed by atoms with E-state index in [1.54, 1.807) is 24.3 Å². The fraction of sp³-hybridized carbons (Fsp3) is 0.176. The maximum Gasteiger partial charge on any atom is 0.241 e. The van der Waals surface area contributed by atoms with Crippen molar-refractivity contribution >= 4 is 17.4 Å². The van der Waals surface area contributed by atoms with Gasteiger partial charge in [0.05, 0.1) is 6.04 Å². The zero-order valence-corrected chi connectivity index (χ0v) is 11.9. The fourth-order valence-electron chi connectivity index (χ4n) is 2.01. The summed E-state index contributed by atoms with van der Waals surface area (Å²) in [5, 5.41) is 2.74. The van der Waals surface area contributed by atoms with Crippen LogP contribution in [0, 0.1) is 0 Å². The molecule has 0 unspecified atom stereocenters. The first kappa shape index (κ1) is 14.9. The van der Waals surface area contributed by atoms with Crippen LogP contribution in [0.3, 0.4) is 0 Å². The van der Waals surface area contributed by atoms with E-state index in [1.165, 1.54) is 6.92 Å². The predicted octanol–water partition coefficient (Wildman–Crippen LogP) is 2.40. The van der Waals surface area contributed by atoms with Gasteiger partial charge in [0, 0.05) is 11.3 Å². The Morgan fingerprint density at radius 2 is 1.81 bits per heavy atom. The summed E-state index contributed by atoms with van der Waals surface area (Å²) in [4.78, 5) is 23.4. The van der Waals surface area contributed by atoms with Gasteiger partial charge in [0.2, 0.25) is 5.91 Å². The van der Waals surface area contributed by atoms with Crippen LogP contribution in [0.2, 0.25) is 0 Å². The fourth-order valence-corrected chi connectivity index (χ4v) is 2.01. The quantitative estimate of drug-likeness (QED) is 0.827. The molecule has 2 rings (SSSR count). The molecule has 4 heteroatoms. The van der Waals surface area contributed by atoms with Crippen LogP contribution in [-0.2, 0) is 11.2 Å². The zero-order chi connectivity index (χ0) is 15.2. The van der Waals surface area contributed by atoms with E-state index in [-0.39, 0.29) is 11.7 Å². The van der Waals surface area contributed by atoms with Crippen molar-refractivity contribution in [3.8, 4) is 0 Å². The van der Waals surface area contributed by atoms with Gasteiger partial charge in [-0.15, -0.1) is 0 Å². The number of ketones is 1. The molecule has 0 aliphatic heterocycles. The number of carbonyl (C=O) groups is 2. The highest BCUT2D eigenvalue weighted by Crippen LogP contribution is 2.12. The van der Waals surface area contributed by atoms with E-state index in [2.05, 4.69) is 5.32 Å². The standard InChI is InChI=1S/C17H18N2O2/c1-12(20)14-8-5-9-15(11-14)19-17(21)16(18)10-13-6-3-2-4-7-13/h2-9,11,16H,10,18H2,1H3,(H,19,21)/t16-/m1/s1. The largest absolute Gasteiger partial charge is 0.325 e. The molecule has 1 amide bonds. The second kappa shape index (κ2) is 6.81. The van der Waals surface area contributed by atoms with Crippen molar-refractivity contribution in [2.45, 2.75) is 19.4 Å². The Labute approximate surface area is 124 Å². The van der Waals surface area contributed by atoms with Crippen LogP contribution < -0.4 is 11.1 Å². The van der Waals surface area contributed by atoms with Gasteiger partial charge in [-0.1, -0.05) is 42.5 Å². The summed E-state index contributed by atoms with van der Waals surface area (Å²) in [7, 11) is 0. The summed E-state index contributed by atoms with van der Waals surface area (Å²) in [6.07, 6.45) is 0.471. The molecule has 0 fully saturated rings. The average molecular weight is 282 g/mol. The number of Topliss-reactive ketones (excluding diaryl/α,β-unsaturated/α-hetero) is 1. The van der Waals surface area contributed by atoms with E-state index < -0.39 is 6.04 Å². The summed E-state index contributed by atoms with van der Waals surface area (Å²) in [5.41, 5.74) is 8.07. The highest BCUT2D eigenvalue weighted by atomic mass is 16.2. The molecule has 0 radical (unpaired) electrons. The van der Waals surface area contributed by atoms with Crippen molar-refractivity contribution < 1.29 is 9.59 Å². The molecule has 2 aromatic rings. The topological polar surface area (TPSA) is 72.2 Å². The van der Waals surface area contributed by atoms with Crippen LogP contribution >= 0.6 is 0 Å². The van der Waals surface area contributed by atoms with Crippen molar-refractivity contribution in [3.05, 3.63) is 65.7 Å². The van der Waals surface area contributed by atoms with Crippen LogP contribution in [0.15, 0.2) is 54.6 Å². The third kappa shape index (κ3) is 4.26. The van der Waals surface area contributed by atoms with E-state index in [9.17, 15) is 9.59 Å². The molecule has 0 spiro atoms. The molecule has 0 aliphatic rings. The lowest BCUT2D eigenvalue weighted by atomic mass is 10.1. The maximum absolute atomic E-state index is 12.1. The molecule has 1 atom stereocenters. The van der Waals surface area contributed by atoms with Crippen LogP contribution in [0.4, 0.5) is 5.69 Å². The minimum absolute atomic E-state index is 0.0420. The number of hydrogen-bond donors (Lipinski definition) is 2. The number of nitrogens with two attached hydrogens (primary N) is 1. The lowest BCUT2D eigenvalue weighted by Crippen LogP contribution is -2.37. The molecule has 0 heterocycles. The Bertz CT molecular complexity index is 638. The molecule has 0 aliphatic carbocycles. The average Bonchev–Trinajstić information content (AvgIpc) is 2.48. The number of carbonyl (C=O) groups excluding carboxylic acids is 2. The third-order valence-corrected chi connectivity index (χ3v) is 3.17. The number of nitrogens with one attached hydrogen (secondary N) is 1. The highest BCUT2D eigenvalue weighted by Gasteiger charge is 2.14. The van der Waals surface area contributed by atoms with Crippen LogP contribution in [0.1, 0.15) is 22.8 Å². The SMILES string of the molecule is CC(=O)c1cccc(NC(=O)[C@H](N)Cc2ccccc2)c1. The maximum atomic E-state index is 12.1. The van der Waals surface area contributed by atoms with Crippen molar-refractivity contribution in [2.75, 3.05) is 5.32 Å². The van der Waals surface area contributed by atoms with Gasteiger partial charge in [0.1, 0.15) is 0 Å². The smallest absolute Gasteiger partial charge is 0.241 e. The molecule has 0 aromatic heterocycles. The predicted molar refractivity (Wildman–Crippen MR) is 83.2 cm³/mol. The first-order chi connectivity index (χ1) is 10.1. The zero-order valence-electron chi connectivity index (χ0n) is 11.9. The number of hydrogen-bond acceptors (Lipinski definition) is 3. The van der Waals surface area contributed by atoms with Crippen molar-refractivity contribution in [1.29, 1.82) is 0 Å². The van der Waals surface area contributed by atoms with Crippen molar-refractivity contribution in [1.82, 2.24) is 0 Å². The van der Waals surface area contributed by atoms with E-state index in [0.717, 1.165) is 5.56 Å². The minimum atomic E-state index is -0.631. The summed E-state index contributed by atoms with van der Waals surface area (Å²) in [6, 6.07) is 15.8. The molecule has 4 nitrogen and oxygen atoms in total. The molecule has 0 saturated carbocycles. The lowest BCUT2D eigenvalue weighted by Gasteiger charge is -2.12. The van der Waals surface area contributed by atoms with Crippen LogP contribution in [-0.4, -0.2) is 17.7 Å². The third-order valence-electron chi connectivity index (χ3n) is 3.17. The Kier molecular flexibility index (Phi) is 4.85. The Balaban J connectivity index is 2.00. The van der Waals surface area contributed by atoms with E-state index in [1.807, 2.05) is 30.3 Å². The Morgan fingerprint density at radius 1 is 1.10 bits per heavy atom. The summed E-state index contributed by atoms with van der Waals surface area (Å²) < 4.78 is 0. The highest BCUT2D eigenvalue weighted by molar-refractivity contribution is 5.98. The van der Waals surface area contributed by atoms with Crippen molar-refractivity contribution in [2.24, 2.45) is 5.73 Å². The Morgan fingerprint density at radius 3 is 2.48 bits per heavy atom. The van der Waals surface area contributed by atoms with Gasteiger partial charge in [0.15, 0.2) is 5.78 Å². The van der Waals surface area contributed by atoms with Crippen LogP contribution in [0.5, 0.6) is 0 Å². The number of rotatable bonds is 5. The summed E-state index contributed by atoms with van der Waals surface area (Å²) in [5.74, 6) is -0.306. The summed E-state index contributed by atoms with van der Waals surface area (Å²) in [6.45, 7) is 1.49. The van der Waals surface area contributed by atoms with Crippen LogP contribution in [0.25, 0.3) is 0 Å². The van der Waals surface area contributed by atoms with E-state index >= 15 is 0 Å². The normalized spacial score (nSPS) is 11.7. The molecular formula is C17H18N2O2. The van der Waals surface area contributed by atoms with Gasteiger partial charge < -0.3 is 11.1 Å². The van der Waals surface area contributed by atoms with Gasteiger partial charge in [-0.25, -0.2) is 0 Å². The number of benzene rings is 2. The number of anilines is 1.